The normalized spacial score (nSPS) is 12.3. The number of nitrogens with zero attached hydrogens (tertiary/aromatic N) is 4. The van der Waals surface area contributed by atoms with Crippen LogP contribution in [0.3, 0.4) is 0 Å². The largest absolute Gasteiger partial charge is 0.491 e. The number of aliphatic hydroxyl groups excluding tert-OH is 1. The molecular formula is C20H26N4O5. The van der Waals surface area contributed by atoms with E-state index in [1.54, 1.807) is 7.05 Å². The van der Waals surface area contributed by atoms with E-state index < -0.39 is 17.4 Å². The molecule has 9 nitrogen and oxygen atoms in total. The molecular weight excluding hydrogens is 376 g/mol. The van der Waals surface area contributed by atoms with Crippen molar-refractivity contribution in [1.29, 1.82) is 0 Å². The van der Waals surface area contributed by atoms with Crippen molar-refractivity contribution in [1.82, 2.24) is 18.7 Å². The number of benzene rings is 1. The highest BCUT2D eigenvalue weighted by Gasteiger charge is 2.22. The molecule has 0 aliphatic carbocycles. The van der Waals surface area contributed by atoms with Crippen LogP contribution in [0.5, 0.6) is 11.8 Å². The van der Waals surface area contributed by atoms with E-state index in [-0.39, 0.29) is 30.3 Å². The van der Waals surface area contributed by atoms with Crippen molar-refractivity contribution in [2.75, 3.05) is 13.2 Å². The van der Waals surface area contributed by atoms with Gasteiger partial charge in [0.05, 0.1) is 13.2 Å². The van der Waals surface area contributed by atoms with Crippen molar-refractivity contribution < 1.29 is 14.6 Å². The minimum atomic E-state index is -0.919. The lowest BCUT2D eigenvalue weighted by molar-refractivity contribution is 0.0899. The molecule has 156 valence electrons. The van der Waals surface area contributed by atoms with Crippen LogP contribution in [0, 0.1) is 6.92 Å². The average Bonchev–Trinajstić information content (AvgIpc) is 3.06. The Morgan fingerprint density at radius 3 is 2.55 bits per heavy atom. The smallest absolute Gasteiger partial charge is 0.332 e. The van der Waals surface area contributed by atoms with Gasteiger partial charge in [-0.25, -0.2) is 4.79 Å². The number of hydrogen-bond acceptors (Lipinski definition) is 6. The Hall–Kier alpha value is -3.07. The van der Waals surface area contributed by atoms with E-state index in [0.29, 0.717) is 12.4 Å². The fourth-order valence-electron chi connectivity index (χ4n) is 3.07. The standard InChI is InChI=1S/C20H26N4O5/c1-5-10-28-19-21-17-16(18(26)23(4)20(27)22(17)3)24(19)11-14(25)12-29-15-9-7-6-8-13(15)2/h6-9,14,25H,5,10-12H2,1-4H3/t14-/m1/s1. The van der Waals surface area contributed by atoms with E-state index in [1.807, 2.05) is 38.1 Å². The summed E-state index contributed by atoms with van der Waals surface area (Å²) in [6.45, 7) is 4.34. The topological polar surface area (TPSA) is 101 Å². The molecule has 0 spiro atoms. The molecule has 0 amide bonds. The summed E-state index contributed by atoms with van der Waals surface area (Å²) in [5.74, 6) is 0.683. The molecule has 0 aliphatic rings. The first-order chi connectivity index (χ1) is 13.8. The number of rotatable bonds is 8. The van der Waals surface area contributed by atoms with Crippen molar-refractivity contribution in [3.8, 4) is 11.8 Å². The van der Waals surface area contributed by atoms with Gasteiger partial charge in [0.2, 0.25) is 0 Å². The third-order valence-electron chi connectivity index (χ3n) is 4.67. The Kier molecular flexibility index (Phi) is 6.07. The zero-order valence-electron chi connectivity index (χ0n) is 17.1. The lowest BCUT2D eigenvalue weighted by atomic mass is 10.2. The number of aromatic nitrogens is 4. The molecule has 0 aliphatic heterocycles. The van der Waals surface area contributed by atoms with Crippen LogP contribution in [0.25, 0.3) is 11.2 Å². The molecule has 1 N–H and O–H groups in total. The lowest BCUT2D eigenvalue weighted by Crippen LogP contribution is -2.38. The van der Waals surface area contributed by atoms with Crippen LogP contribution in [0.1, 0.15) is 18.9 Å². The summed E-state index contributed by atoms with van der Waals surface area (Å²) in [5.41, 5.74) is 0.419. The molecule has 0 bridgehead atoms. The molecule has 3 aromatic rings. The third kappa shape index (κ3) is 4.04. The minimum Gasteiger partial charge on any atom is -0.491 e. The van der Waals surface area contributed by atoms with E-state index in [0.717, 1.165) is 16.6 Å². The predicted molar refractivity (Wildman–Crippen MR) is 109 cm³/mol. The molecule has 1 atom stereocenters. The number of ether oxygens (including phenoxy) is 2. The maximum Gasteiger partial charge on any atom is 0.332 e. The van der Waals surface area contributed by atoms with Gasteiger partial charge < -0.3 is 14.6 Å². The molecule has 3 rings (SSSR count). The Balaban J connectivity index is 1.95. The number of para-hydroxylation sites is 1. The summed E-state index contributed by atoms with van der Waals surface area (Å²) in [5, 5.41) is 10.6. The van der Waals surface area contributed by atoms with Crippen molar-refractivity contribution >= 4 is 11.2 Å². The van der Waals surface area contributed by atoms with Gasteiger partial charge >= 0.3 is 5.69 Å². The Labute approximate surface area is 167 Å². The van der Waals surface area contributed by atoms with E-state index >= 15 is 0 Å². The first-order valence-corrected chi connectivity index (χ1v) is 9.50. The van der Waals surface area contributed by atoms with Gasteiger partial charge in [-0.05, 0) is 25.0 Å². The zero-order chi connectivity index (χ0) is 21.1. The van der Waals surface area contributed by atoms with Crippen LogP contribution in [-0.4, -0.2) is 43.1 Å². The van der Waals surface area contributed by atoms with Crippen LogP contribution >= 0.6 is 0 Å². The van der Waals surface area contributed by atoms with Gasteiger partial charge in [-0.3, -0.25) is 18.5 Å². The second kappa shape index (κ2) is 8.52. The summed E-state index contributed by atoms with van der Waals surface area (Å²) in [6, 6.07) is 7.71. The molecule has 1 aromatic carbocycles. The maximum atomic E-state index is 12.7. The van der Waals surface area contributed by atoms with Crippen LogP contribution in [-0.2, 0) is 20.6 Å². The van der Waals surface area contributed by atoms with Gasteiger partial charge in [0.25, 0.3) is 11.6 Å². The summed E-state index contributed by atoms with van der Waals surface area (Å²) in [7, 11) is 2.95. The molecule has 9 heteroatoms. The zero-order valence-corrected chi connectivity index (χ0v) is 17.1. The van der Waals surface area contributed by atoms with Gasteiger partial charge in [0, 0.05) is 14.1 Å². The number of imidazole rings is 1. The average molecular weight is 402 g/mol. The van der Waals surface area contributed by atoms with Crippen molar-refractivity contribution in [3.05, 3.63) is 50.7 Å². The van der Waals surface area contributed by atoms with Crippen molar-refractivity contribution in [2.24, 2.45) is 14.1 Å². The quantitative estimate of drug-likeness (QED) is 0.603. The summed E-state index contributed by atoms with van der Waals surface area (Å²) in [4.78, 5) is 29.3. The van der Waals surface area contributed by atoms with Crippen LogP contribution < -0.4 is 20.7 Å². The van der Waals surface area contributed by atoms with Crippen LogP contribution in [0.2, 0.25) is 0 Å². The monoisotopic (exact) mass is 402 g/mol. The number of fused-ring (bicyclic) bond motifs is 1. The Bertz CT molecular complexity index is 1130. The summed E-state index contributed by atoms with van der Waals surface area (Å²) in [6.07, 6.45) is -0.169. The van der Waals surface area contributed by atoms with Crippen molar-refractivity contribution in [2.45, 2.75) is 32.9 Å². The molecule has 0 saturated carbocycles. The van der Waals surface area contributed by atoms with Gasteiger partial charge in [0.1, 0.15) is 18.5 Å². The highest BCUT2D eigenvalue weighted by molar-refractivity contribution is 5.71. The van der Waals surface area contributed by atoms with Crippen LogP contribution in [0.15, 0.2) is 33.9 Å². The third-order valence-corrected chi connectivity index (χ3v) is 4.67. The molecule has 2 heterocycles. The fourth-order valence-corrected chi connectivity index (χ4v) is 3.07. The van der Waals surface area contributed by atoms with Crippen molar-refractivity contribution in [3.63, 3.8) is 0 Å². The van der Waals surface area contributed by atoms with Crippen LogP contribution in [0.4, 0.5) is 0 Å². The molecule has 0 radical (unpaired) electrons. The minimum absolute atomic E-state index is 0.0316. The maximum absolute atomic E-state index is 12.7. The van der Waals surface area contributed by atoms with Gasteiger partial charge in [-0.2, -0.15) is 4.98 Å². The Morgan fingerprint density at radius 1 is 1.14 bits per heavy atom. The fraction of sp³-hybridized carbons (Fsp3) is 0.450. The first kappa shape index (κ1) is 20.7. The van der Waals surface area contributed by atoms with Gasteiger partial charge in [-0.1, -0.05) is 25.1 Å². The highest BCUT2D eigenvalue weighted by atomic mass is 16.5. The SMILES string of the molecule is CCCOc1nc2c(c(=O)n(C)c(=O)n2C)n1C[C@@H](O)COc1ccccc1C. The van der Waals surface area contributed by atoms with Gasteiger partial charge in [-0.15, -0.1) is 0 Å². The predicted octanol–water partition coefficient (Wildman–Crippen LogP) is 0.971. The molecule has 0 unspecified atom stereocenters. The molecule has 0 fully saturated rings. The molecule has 0 saturated heterocycles. The Morgan fingerprint density at radius 2 is 1.86 bits per heavy atom. The first-order valence-electron chi connectivity index (χ1n) is 9.50. The lowest BCUT2D eigenvalue weighted by Gasteiger charge is -2.16. The number of aliphatic hydroxyl groups is 1. The van der Waals surface area contributed by atoms with E-state index in [2.05, 4.69) is 4.98 Å². The van der Waals surface area contributed by atoms with Gasteiger partial charge in [0.15, 0.2) is 11.2 Å². The number of aryl methyl sites for hydroxylation is 2. The number of hydrogen-bond donors (Lipinski definition) is 1. The second-order valence-corrected chi connectivity index (χ2v) is 6.96. The molecule has 29 heavy (non-hydrogen) atoms. The summed E-state index contributed by atoms with van der Waals surface area (Å²) < 4.78 is 15.2. The highest BCUT2D eigenvalue weighted by Crippen LogP contribution is 2.20. The molecule has 2 aromatic heterocycles. The van der Waals surface area contributed by atoms with E-state index in [4.69, 9.17) is 9.47 Å². The van der Waals surface area contributed by atoms with E-state index in [9.17, 15) is 14.7 Å². The summed E-state index contributed by atoms with van der Waals surface area (Å²) >= 11 is 0. The second-order valence-electron chi connectivity index (χ2n) is 6.96. The van der Waals surface area contributed by atoms with E-state index in [1.165, 1.54) is 16.2 Å².